The molecule has 1 atom stereocenters. The quantitative estimate of drug-likeness (QED) is 0.737. The standard InChI is InChI=1S/C11H17N3O4S2/c15-10-8-19-11(16)14(10)9-3-6-13(7-9)20(17,18)12-4-1-2-5-12/h9H,1-8H2. The van der Waals surface area contributed by atoms with Gasteiger partial charge in [0.2, 0.25) is 5.91 Å². The molecule has 0 bridgehead atoms. The zero-order valence-corrected chi connectivity index (χ0v) is 12.7. The molecule has 9 heteroatoms. The van der Waals surface area contributed by atoms with Gasteiger partial charge in [0.15, 0.2) is 0 Å². The van der Waals surface area contributed by atoms with Crippen LogP contribution < -0.4 is 0 Å². The van der Waals surface area contributed by atoms with Crippen LogP contribution in [0.4, 0.5) is 4.79 Å². The second kappa shape index (κ2) is 5.28. The summed E-state index contributed by atoms with van der Waals surface area (Å²) in [5.74, 6) is -0.0285. The topological polar surface area (TPSA) is 78.0 Å². The Morgan fingerprint density at radius 2 is 1.75 bits per heavy atom. The van der Waals surface area contributed by atoms with Gasteiger partial charge >= 0.3 is 0 Å². The Hall–Kier alpha value is -0.640. The number of nitrogens with zero attached hydrogens (tertiary/aromatic N) is 3. The molecule has 0 aliphatic carbocycles. The van der Waals surface area contributed by atoms with Crippen molar-refractivity contribution in [1.82, 2.24) is 13.5 Å². The maximum Gasteiger partial charge on any atom is 0.289 e. The molecule has 3 saturated heterocycles. The third kappa shape index (κ3) is 2.36. The van der Waals surface area contributed by atoms with Crippen LogP contribution in [0.25, 0.3) is 0 Å². The summed E-state index contributed by atoms with van der Waals surface area (Å²) >= 11 is 0.993. The van der Waals surface area contributed by atoms with Gasteiger partial charge in [-0.3, -0.25) is 14.5 Å². The first-order valence-corrected chi connectivity index (χ1v) is 9.12. The number of thioether (sulfide) groups is 1. The van der Waals surface area contributed by atoms with Crippen molar-refractivity contribution >= 4 is 33.1 Å². The third-order valence-corrected chi connectivity index (χ3v) is 6.83. The van der Waals surface area contributed by atoms with Gasteiger partial charge in [-0.05, 0) is 19.3 Å². The molecule has 0 N–H and O–H groups in total. The van der Waals surface area contributed by atoms with Crippen LogP contribution in [0.3, 0.4) is 0 Å². The molecule has 7 nitrogen and oxygen atoms in total. The van der Waals surface area contributed by atoms with Crippen molar-refractivity contribution in [2.45, 2.75) is 25.3 Å². The molecule has 112 valence electrons. The summed E-state index contributed by atoms with van der Waals surface area (Å²) in [6.07, 6.45) is 2.33. The van der Waals surface area contributed by atoms with Crippen molar-refractivity contribution in [2.24, 2.45) is 0 Å². The van der Waals surface area contributed by atoms with Gasteiger partial charge in [0.25, 0.3) is 15.4 Å². The Labute approximate surface area is 122 Å². The molecule has 0 radical (unpaired) electrons. The lowest BCUT2D eigenvalue weighted by Gasteiger charge is -2.25. The molecular formula is C11H17N3O4S2. The maximum atomic E-state index is 12.4. The summed E-state index contributed by atoms with van der Waals surface area (Å²) < 4.78 is 27.7. The molecule has 3 heterocycles. The van der Waals surface area contributed by atoms with E-state index in [1.165, 1.54) is 13.5 Å². The van der Waals surface area contributed by atoms with E-state index in [2.05, 4.69) is 0 Å². The monoisotopic (exact) mass is 319 g/mol. The maximum absolute atomic E-state index is 12.4. The Bertz CT molecular complexity index is 514. The molecule has 3 aliphatic rings. The third-order valence-electron chi connectivity index (χ3n) is 3.99. The number of hydrogen-bond acceptors (Lipinski definition) is 5. The predicted octanol–water partition coefficient (Wildman–Crippen LogP) is 0.0967. The first-order chi connectivity index (χ1) is 9.50. The molecule has 2 amide bonds. The van der Waals surface area contributed by atoms with Gasteiger partial charge in [0.1, 0.15) is 0 Å². The van der Waals surface area contributed by atoms with Crippen LogP contribution in [0.1, 0.15) is 19.3 Å². The minimum Gasteiger partial charge on any atom is -0.273 e. The van der Waals surface area contributed by atoms with E-state index in [4.69, 9.17) is 0 Å². The van der Waals surface area contributed by atoms with Crippen LogP contribution in [0, 0.1) is 0 Å². The normalized spacial score (nSPS) is 29.8. The minimum atomic E-state index is -3.43. The lowest BCUT2D eigenvalue weighted by molar-refractivity contribution is -0.126. The van der Waals surface area contributed by atoms with Crippen molar-refractivity contribution in [3.05, 3.63) is 0 Å². The highest BCUT2D eigenvalue weighted by atomic mass is 32.2. The van der Waals surface area contributed by atoms with E-state index in [1.807, 2.05) is 0 Å². The average Bonchev–Trinajstić information content (AvgIpc) is 3.10. The zero-order valence-electron chi connectivity index (χ0n) is 11.0. The molecule has 3 rings (SSSR count). The molecule has 20 heavy (non-hydrogen) atoms. The van der Waals surface area contributed by atoms with E-state index in [0.29, 0.717) is 26.1 Å². The summed E-state index contributed by atoms with van der Waals surface area (Å²) in [4.78, 5) is 24.6. The minimum absolute atomic E-state index is 0.175. The average molecular weight is 319 g/mol. The van der Waals surface area contributed by atoms with E-state index in [9.17, 15) is 18.0 Å². The molecule has 0 aromatic heterocycles. The summed E-state index contributed by atoms with van der Waals surface area (Å²) in [5, 5.41) is -0.250. The van der Waals surface area contributed by atoms with Gasteiger partial charge in [-0.1, -0.05) is 11.8 Å². The molecule has 0 aromatic carbocycles. The molecule has 3 fully saturated rings. The van der Waals surface area contributed by atoms with Crippen molar-refractivity contribution in [2.75, 3.05) is 31.9 Å². The van der Waals surface area contributed by atoms with Crippen LogP contribution in [-0.2, 0) is 15.0 Å². The van der Waals surface area contributed by atoms with Gasteiger partial charge < -0.3 is 0 Å². The second-order valence-corrected chi connectivity index (χ2v) is 8.09. The number of carbonyl (C=O) groups excluding carboxylic acids is 2. The predicted molar refractivity (Wildman–Crippen MR) is 74.4 cm³/mol. The summed E-state index contributed by atoms with van der Waals surface area (Å²) in [6.45, 7) is 1.75. The van der Waals surface area contributed by atoms with Gasteiger partial charge in [-0.15, -0.1) is 0 Å². The highest BCUT2D eigenvalue weighted by Crippen LogP contribution is 2.28. The van der Waals surface area contributed by atoms with Crippen molar-refractivity contribution in [3.63, 3.8) is 0 Å². The van der Waals surface area contributed by atoms with Gasteiger partial charge in [0.05, 0.1) is 11.8 Å². The lowest BCUT2D eigenvalue weighted by atomic mass is 10.2. The number of hydrogen-bond donors (Lipinski definition) is 0. The van der Waals surface area contributed by atoms with Crippen LogP contribution in [0.5, 0.6) is 0 Å². The lowest BCUT2D eigenvalue weighted by Crippen LogP contribution is -2.45. The highest BCUT2D eigenvalue weighted by Gasteiger charge is 2.43. The second-order valence-electron chi connectivity index (χ2n) is 5.23. The Balaban J connectivity index is 1.70. The van der Waals surface area contributed by atoms with Crippen molar-refractivity contribution in [3.8, 4) is 0 Å². The van der Waals surface area contributed by atoms with Crippen LogP contribution in [0.15, 0.2) is 0 Å². The van der Waals surface area contributed by atoms with Gasteiger partial charge in [-0.2, -0.15) is 17.0 Å². The zero-order chi connectivity index (χ0) is 14.3. The Morgan fingerprint density at radius 3 is 2.35 bits per heavy atom. The van der Waals surface area contributed by atoms with E-state index in [-0.39, 0.29) is 29.5 Å². The van der Waals surface area contributed by atoms with Crippen LogP contribution in [0.2, 0.25) is 0 Å². The van der Waals surface area contributed by atoms with E-state index >= 15 is 0 Å². The molecule has 3 aliphatic heterocycles. The number of rotatable bonds is 3. The summed E-state index contributed by atoms with van der Waals surface area (Å²) in [7, 11) is -3.43. The first-order valence-electron chi connectivity index (χ1n) is 6.74. The smallest absolute Gasteiger partial charge is 0.273 e. The van der Waals surface area contributed by atoms with Crippen LogP contribution >= 0.6 is 11.8 Å². The summed E-state index contributed by atoms with van der Waals surface area (Å²) in [5.41, 5.74) is 0. The molecule has 0 aromatic rings. The fraction of sp³-hybridized carbons (Fsp3) is 0.818. The number of carbonyl (C=O) groups is 2. The van der Waals surface area contributed by atoms with Crippen molar-refractivity contribution < 1.29 is 18.0 Å². The Kier molecular flexibility index (Phi) is 3.78. The fourth-order valence-corrected chi connectivity index (χ4v) is 5.45. The molecule has 0 spiro atoms. The highest BCUT2D eigenvalue weighted by molar-refractivity contribution is 8.14. The molecular weight excluding hydrogens is 302 g/mol. The number of imide groups is 1. The first kappa shape index (κ1) is 14.3. The fourth-order valence-electron chi connectivity index (χ4n) is 2.93. The van der Waals surface area contributed by atoms with Crippen LogP contribution in [-0.4, -0.2) is 71.0 Å². The largest absolute Gasteiger partial charge is 0.289 e. The molecule has 1 unspecified atom stereocenters. The molecule has 0 saturated carbocycles. The Morgan fingerprint density at radius 1 is 1.05 bits per heavy atom. The van der Waals surface area contributed by atoms with Gasteiger partial charge in [-0.25, -0.2) is 0 Å². The van der Waals surface area contributed by atoms with E-state index in [1.54, 1.807) is 0 Å². The van der Waals surface area contributed by atoms with E-state index in [0.717, 1.165) is 24.6 Å². The SMILES string of the molecule is O=C1CSC(=O)N1C1CCN(S(=O)(=O)N2CCCC2)C1. The van der Waals surface area contributed by atoms with E-state index < -0.39 is 10.2 Å². The number of amides is 2. The van der Waals surface area contributed by atoms with Gasteiger partial charge in [0, 0.05) is 26.2 Å². The van der Waals surface area contributed by atoms with Crippen molar-refractivity contribution in [1.29, 1.82) is 0 Å². The summed E-state index contributed by atoms with van der Waals surface area (Å²) in [6, 6.07) is -0.303.